The molecule has 0 saturated carbocycles. The van der Waals surface area contributed by atoms with Gasteiger partial charge in [-0.3, -0.25) is 37.3 Å². The van der Waals surface area contributed by atoms with Crippen LogP contribution in [0.5, 0.6) is 0 Å². The van der Waals surface area contributed by atoms with Crippen molar-refractivity contribution in [3.05, 3.63) is 0 Å². The van der Waals surface area contributed by atoms with Crippen molar-refractivity contribution < 1.29 is 80.2 Å². The van der Waals surface area contributed by atoms with Gasteiger partial charge in [0.1, 0.15) is 19.3 Å². The molecule has 0 heterocycles. The second-order valence-corrected chi connectivity index (χ2v) is 32.7. The summed E-state index contributed by atoms with van der Waals surface area (Å²) in [5.41, 5.74) is 0. The Morgan fingerprint density at radius 2 is 0.465 bits per heavy atom. The third kappa shape index (κ3) is 74.1. The molecule has 3 N–H and O–H groups in total. The van der Waals surface area contributed by atoms with Gasteiger partial charge in [-0.25, -0.2) is 9.13 Å². The molecular formula is C80H156O17P2. The van der Waals surface area contributed by atoms with Crippen molar-refractivity contribution in [2.45, 2.75) is 439 Å². The van der Waals surface area contributed by atoms with Gasteiger partial charge in [0.15, 0.2) is 12.2 Å². The van der Waals surface area contributed by atoms with Crippen molar-refractivity contribution in [1.29, 1.82) is 0 Å². The predicted molar refractivity (Wildman–Crippen MR) is 405 cm³/mol. The molecule has 2 unspecified atom stereocenters. The minimum atomic E-state index is -4.96. The van der Waals surface area contributed by atoms with E-state index in [0.29, 0.717) is 25.7 Å². The van der Waals surface area contributed by atoms with Crippen LogP contribution in [0.25, 0.3) is 0 Å². The van der Waals surface area contributed by atoms with Gasteiger partial charge in [0.25, 0.3) is 0 Å². The van der Waals surface area contributed by atoms with Crippen LogP contribution in [0.15, 0.2) is 0 Å². The maximum absolute atomic E-state index is 13.1. The molecule has 19 heteroatoms. The van der Waals surface area contributed by atoms with Crippen molar-refractivity contribution >= 4 is 39.5 Å². The molecule has 0 aromatic heterocycles. The first-order chi connectivity index (χ1) is 47.9. The van der Waals surface area contributed by atoms with Gasteiger partial charge in [0, 0.05) is 25.7 Å². The Hall–Kier alpha value is -1.94. The molecule has 0 bridgehead atoms. The third-order valence-electron chi connectivity index (χ3n) is 18.7. The maximum Gasteiger partial charge on any atom is 0.472 e. The van der Waals surface area contributed by atoms with E-state index in [9.17, 15) is 43.2 Å². The molecule has 0 spiro atoms. The number of hydrogen-bond donors (Lipinski definition) is 3. The average molecular weight is 1450 g/mol. The van der Waals surface area contributed by atoms with Crippen LogP contribution >= 0.6 is 15.6 Å². The van der Waals surface area contributed by atoms with Crippen molar-refractivity contribution in [2.24, 2.45) is 11.8 Å². The largest absolute Gasteiger partial charge is 0.472 e. The number of ether oxygens (including phenoxy) is 4. The highest BCUT2D eigenvalue weighted by Gasteiger charge is 2.30. The highest BCUT2D eigenvalue weighted by atomic mass is 31.2. The number of aliphatic hydroxyl groups excluding tert-OH is 1. The number of esters is 4. The summed E-state index contributed by atoms with van der Waals surface area (Å²) in [4.78, 5) is 72.9. The molecule has 0 aromatic rings. The van der Waals surface area contributed by atoms with Gasteiger partial charge in [-0.2, -0.15) is 0 Å². The van der Waals surface area contributed by atoms with E-state index in [0.717, 1.165) is 102 Å². The lowest BCUT2D eigenvalue weighted by atomic mass is 10.0. The summed E-state index contributed by atoms with van der Waals surface area (Å²) in [6.45, 7) is 9.60. The minimum Gasteiger partial charge on any atom is -0.462 e. The number of aliphatic hydroxyl groups is 1. The molecule has 99 heavy (non-hydrogen) atoms. The summed E-state index contributed by atoms with van der Waals surface area (Å²) in [6, 6.07) is 0. The molecule has 0 rings (SSSR count). The molecule has 0 aromatic carbocycles. The Morgan fingerprint density at radius 3 is 0.687 bits per heavy atom. The molecular weight excluding hydrogens is 1290 g/mol. The summed E-state index contributed by atoms with van der Waals surface area (Å²) >= 11 is 0. The lowest BCUT2D eigenvalue weighted by Crippen LogP contribution is -2.30. The van der Waals surface area contributed by atoms with E-state index in [4.69, 9.17) is 37.0 Å². The van der Waals surface area contributed by atoms with Crippen molar-refractivity contribution in [3.63, 3.8) is 0 Å². The van der Waals surface area contributed by atoms with Crippen LogP contribution < -0.4 is 0 Å². The molecule has 0 aliphatic heterocycles. The molecule has 588 valence electrons. The molecule has 0 saturated heterocycles. The van der Waals surface area contributed by atoms with Gasteiger partial charge in [-0.05, 0) is 37.5 Å². The van der Waals surface area contributed by atoms with E-state index < -0.39 is 97.5 Å². The summed E-state index contributed by atoms with van der Waals surface area (Å²) in [6.07, 6.45) is 61.2. The summed E-state index contributed by atoms with van der Waals surface area (Å²) < 4.78 is 68.6. The SMILES string of the molecule is CCCCCCCCCCCCCCCCCCCCCCCC(=O)O[C@H](COC(=O)CCCCCCCCCCCCCCCC(C)C)COP(=O)(O)OC[C@@H](O)COP(=O)(O)OC[C@@H](COC(=O)CCCCCCCCCCCCC)OC(=O)CCCCCCCCCCC(C)C. The summed E-state index contributed by atoms with van der Waals surface area (Å²) in [5, 5.41) is 10.6. The van der Waals surface area contributed by atoms with Crippen LogP contribution in [0.1, 0.15) is 420 Å². The van der Waals surface area contributed by atoms with Gasteiger partial charge in [0.05, 0.1) is 26.4 Å². The Labute approximate surface area is 607 Å². The second-order valence-electron chi connectivity index (χ2n) is 29.8. The number of phosphoric ester groups is 2. The van der Waals surface area contributed by atoms with Crippen LogP contribution in [-0.2, 0) is 65.4 Å². The van der Waals surface area contributed by atoms with Gasteiger partial charge in [0.2, 0.25) is 0 Å². The number of unbranched alkanes of at least 4 members (excludes halogenated alkanes) is 49. The van der Waals surface area contributed by atoms with E-state index in [2.05, 4.69) is 41.5 Å². The second kappa shape index (κ2) is 71.7. The minimum absolute atomic E-state index is 0.105. The maximum atomic E-state index is 13.1. The molecule has 0 aliphatic carbocycles. The number of carbonyl (C=O) groups is 4. The monoisotopic (exact) mass is 1450 g/mol. The molecule has 17 nitrogen and oxygen atoms in total. The zero-order valence-corrected chi connectivity index (χ0v) is 66.6. The van der Waals surface area contributed by atoms with Crippen molar-refractivity contribution in [3.8, 4) is 0 Å². The highest BCUT2D eigenvalue weighted by molar-refractivity contribution is 7.47. The fourth-order valence-corrected chi connectivity index (χ4v) is 13.9. The van der Waals surface area contributed by atoms with Crippen LogP contribution in [0, 0.1) is 11.8 Å². The summed E-state index contributed by atoms with van der Waals surface area (Å²) in [7, 11) is -9.92. The van der Waals surface area contributed by atoms with E-state index in [1.807, 2.05) is 0 Å². The zero-order chi connectivity index (χ0) is 72.8. The first-order valence-corrected chi connectivity index (χ1v) is 44.5. The van der Waals surface area contributed by atoms with Gasteiger partial charge in [-0.15, -0.1) is 0 Å². The topological polar surface area (TPSA) is 237 Å². The molecule has 0 amide bonds. The number of phosphoric acid groups is 2. The lowest BCUT2D eigenvalue weighted by Gasteiger charge is -2.21. The predicted octanol–water partition coefficient (Wildman–Crippen LogP) is 23.9. The lowest BCUT2D eigenvalue weighted by molar-refractivity contribution is -0.161. The molecule has 0 radical (unpaired) electrons. The molecule has 0 aliphatic rings. The number of rotatable bonds is 79. The van der Waals surface area contributed by atoms with E-state index in [1.165, 1.54) is 238 Å². The third-order valence-corrected chi connectivity index (χ3v) is 20.6. The molecule has 0 fully saturated rings. The number of hydrogen-bond acceptors (Lipinski definition) is 15. The van der Waals surface area contributed by atoms with Crippen molar-refractivity contribution in [1.82, 2.24) is 0 Å². The van der Waals surface area contributed by atoms with Crippen LogP contribution in [0.2, 0.25) is 0 Å². The Balaban J connectivity index is 5.21. The van der Waals surface area contributed by atoms with E-state index in [1.54, 1.807) is 0 Å². The standard InChI is InChI=1S/C80H156O17P2/c1-7-9-11-13-15-17-19-20-21-22-23-24-25-26-27-30-35-39-46-52-58-64-79(84)96-75(68-91-78(83)63-57-51-45-38-34-31-28-29-33-36-42-48-54-60-72(3)4)70-94-98(86,87)92-66-74(81)67-93-99(88,89)95-71-76(97-80(85)65-59-53-47-41-40-43-49-55-61-73(5)6)69-90-77(82)62-56-50-44-37-32-18-16-14-12-10-8-2/h72-76,81H,7-71H2,1-6H3,(H,86,87)(H,88,89)/t74-,75-,76-/m1/s1. The van der Waals surface area contributed by atoms with E-state index in [-0.39, 0.29) is 25.7 Å². The Morgan fingerprint density at radius 1 is 0.273 bits per heavy atom. The Bertz CT molecular complexity index is 1910. The normalized spacial score (nSPS) is 13.9. The van der Waals surface area contributed by atoms with Crippen LogP contribution in [-0.4, -0.2) is 96.7 Å². The fraction of sp³-hybridized carbons (Fsp3) is 0.950. The highest BCUT2D eigenvalue weighted by Crippen LogP contribution is 2.45. The smallest absolute Gasteiger partial charge is 0.462 e. The first-order valence-electron chi connectivity index (χ1n) is 41.5. The summed E-state index contributed by atoms with van der Waals surface area (Å²) in [5.74, 6) is -0.603. The van der Waals surface area contributed by atoms with Gasteiger partial charge >= 0.3 is 39.5 Å². The molecule has 5 atom stereocenters. The zero-order valence-electron chi connectivity index (χ0n) is 64.8. The number of carbonyl (C=O) groups excluding carboxylic acids is 4. The van der Waals surface area contributed by atoms with Gasteiger partial charge < -0.3 is 33.8 Å². The average Bonchev–Trinajstić information content (AvgIpc) is 1.10. The van der Waals surface area contributed by atoms with E-state index >= 15 is 0 Å². The van der Waals surface area contributed by atoms with Crippen LogP contribution in [0.3, 0.4) is 0 Å². The van der Waals surface area contributed by atoms with Crippen molar-refractivity contribution in [2.75, 3.05) is 39.6 Å². The Kier molecular flexibility index (Phi) is 70.3. The quantitative estimate of drug-likeness (QED) is 0.0222. The van der Waals surface area contributed by atoms with Gasteiger partial charge in [-0.1, -0.05) is 369 Å². The fourth-order valence-electron chi connectivity index (χ4n) is 12.4. The van der Waals surface area contributed by atoms with Crippen LogP contribution in [0.4, 0.5) is 0 Å². The first kappa shape index (κ1) is 97.1.